The minimum absolute atomic E-state index is 0.0835. The Balaban J connectivity index is 2.72. The molecule has 1 aromatic rings. The molecule has 1 unspecified atom stereocenters. The van der Waals surface area contributed by atoms with Gasteiger partial charge in [-0.3, -0.25) is 4.79 Å². The van der Waals surface area contributed by atoms with Crippen molar-refractivity contribution < 1.29 is 9.53 Å². The Hall–Kier alpha value is -1.35. The van der Waals surface area contributed by atoms with Gasteiger partial charge in [-0.15, -0.1) is 0 Å². The molecule has 0 aliphatic carbocycles. The van der Waals surface area contributed by atoms with Crippen molar-refractivity contribution in [2.24, 2.45) is 11.7 Å². The second-order valence-electron chi connectivity index (χ2n) is 4.32. The number of benzene rings is 1. The lowest BCUT2D eigenvalue weighted by molar-refractivity contribution is -0.121. The molecule has 0 fully saturated rings. The molecular formula is C13H19NO2. The Bertz CT molecular complexity index is 343. The zero-order valence-corrected chi connectivity index (χ0v) is 10.1. The van der Waals surface area contributed by atoms with Gasteiger partial charge >= 0.3 is 0 Å². The molecule has 16 heavy (non-hydrogen) atoms. The summed E-state index contributed by atoms with van der Waals surface area (Å²) in [5, 5.41) is 0. The van der Waals surface area contributed by atoms with Crippen molar-refractivity contribution in [1.82, 2.24) is 0 Å². The van der Waals surface area contributed by atoms with Crippen molar-refractivity contribution in [3.63, 3.8) is 0 Å². The molecule has 0 aliphatic heterocycles. The summed E-state index contributed by atoms with van der Waals surface area (Å²) in [7, 11) is 1.61. The predicted molar refractivity (Wildman–Crippen MR) is 64.4 cm³/mol. The van der Waals surface area contributed by atoms with Crippen LogP contribution in [0.4, 0.5) is 0 Å². The summed E-state index contributed by atoms with van der Waals surface area (Å²) in [5.74, 6) is 1.20. The molecule has 0 aliphatic rings. The summed E-state index contributed by atoms with van der Waals surface area (Å²) in [6.45, 7) is 4.03. The van der Waals surface area contributed by atoms with E-state index < -0.39 is 6.04 Å². The van der Waals surface area contributed by atoms with E-state index in [4.69, 9.17) is 10.5 Å². The van der Waals surface area contributed by atoms with Gasteiger partial charge in [0.15, 0.2) is 5.78 Å². The first-order chi connectivity index (χ1) is 7.54. The monoisotopic (exact) mass is 221 g/mol. The normalized spacial score (nSPS) is 12.6. The number of rotatable bonds is 5. The van der Waals surface area contributed by atoms with Crippen LogP contribution in [0.15, 0.2) is 24.3 Å². The molecule has 1 aromatic carbocycles. The summed E-state index contributed by atoms with van der Waals surface area (Å²) in [6, 6.07) is 6.78. The average molecular weight is 221 g/mol. The summed E-state index contributed by atoms with van der Waals surface area (Å²) in [4.78, 5) is 11.8. The second-order valence-corrected chi connectivity index (χ2v) is 4.32. The molecule has 0 heterocycles. The molecule has 3 heteroatoms. The van der Waals surface area contributed by atoms with Crippen molar-refractivity contribution in [1.29, 1.82) is 0 Å². The second kappa shape index (κ2) is 5.66. The van der Waals surface area contributed by atoms with Gasteiger partial charge in [-0.2, -0.15) is 0 Å². The third kappa shape index (κ3) is 3.35. The van der Waals surface area contributed by atoms with Gasteiger partial charge in [0.05, 0.1) is 13.2 Å². The van der Waals surface area contributed by atoms with Crippen molar-refractivity contribution in [3.05, 3.63) is 29.8 Å². The summed E-state index contributed by atoms with van der Waals surface area (Å²) in [6.07, 6.45) is 0.521. The van der Waals surface area contributed by atoms with Crippen molar-refractivity contribution in [2.75, 3.05) is 7.11 Å². The maximum absolute atomic E-state index is 11.8. The van der Waals surface area contributed by atoms with Gasteiger partial charge in [0.2, 0.25) is 0 Å². The van der Waals surface area contributed by atoms with Crippen LogP contribution in [0.3, 0.4) is 0 Å². The maximum Gasteiger partial charge on any atom is 0.154 e. The Labute approximate surface area is 96.6 Å². The average Bonchev–Trinajstić information content (AvgIpc) is 2.27. The highest BCUT2D eigenvalue weighted by atomic mass is 16.5. The minimum Gasteiger partial charge on any atom is -0.497 e. The van der Waals surface area contributed by atoms with Gasteiger partial charge in [-0.05, 0) is 23.6 Å². The molecule has 0 bridgehead atoms. The Kier molecular flexibility index (Phi) is 4.50. The summed E-state index contributed by atoms with van der Waals surface area (Å²) >= 11 is 0. The zero-order chi connectivity index (χ0) is 12.1. The number of ether oxygens (including phenoxy) is 1. The standard InChI is InChI=1S/C13H19NO2/c1-9(2)8-12(15)13(14)10-4-6-11(16-3)7-5-10/h4-7,9,13H,8,14H2,1-3H3. The fourth-order valence-electron chi connectivity index (χ4n) is 1.53. The number of Topliss-reactive ketones (excluding diaryl/α,β-unsaturated/α-hetero) is 1. The highest BCUT2D eigenvalue weighted by Crippen LogP contribution is 2.18. The smallest absolute Gasteiger partial charge is 0.154 e. The lowest BCUT2D eigenvalue weighted by atomic mass is 9.97. The van der Waals surface area contributed by atoms with E-state index >= 15 is 0 Å². The number of carbonyl (C=O) groups excluding carboxylic acids is 1. The van der Waals surface area contributed by atoms with E-state index in [0.717, 1.165) is 11.3 Å². The molecule has 0 saturated heterocycles. The Morgan fingerprint density at radius 3 is 2.31 bits per heavy atom. The molecular weight excluding hydrogens is 202 g/mol. The van der Waals surface area contributed by atoms with Gasteiger partial charge in [-0.25, -0.2) is 0 Å². The molecule has 0 aromatic heterocycles. The van der Waals surface area contributed by atoms with Crippen LogP contribution in [0.25, 0.3) is 0 Å². The first-order valence-electron chi connectivity index (χ1n) is 5.47. The quantitative estimate of drug-likeness (QED) is 0.830. The van der Waals surface area contributed by atoms with Crippen molar-refractivity contribution in [2.45, 2.75) is 26.3 Å². The van der Waals surface area contributed by atoms with Crippen LogP contribution in [-0.2, 0) is 4.79 Å². The van der Waals surface area contributed by atoms with Crippen LogP contribution in [0.5, 0.6) is 5.75 Å². The zero-order valence-electron chi connectivity index (χ0n) is 10.1. The number of ketones is 1. The van der Waals surface area contributed by atoms with Gasteiger partial charge in [0, 0.05) is 6.42 Å². The summed E-state index contributed by atoms with van der Waals surface area (Å²) in [5.41, 5.74) is 6.73. The predicted octanol–water partition coefficient (Wildman–Crippen LogP) is 2.31. The third-order valence-corrected chi connectivity index (χ3v) is 2.43. The van der Waals surface area contributed by atoms with E-state index in [-0.39, 0.29) is 5.78 Å². The van der Waals surface area contributed by atoms with E-state index in [2.05, 4.69) is 0 Å². The Morgan fingerprint density at radius 1 is 1.31 bits per heavy atom. The highest BCUT2D eigenvalue weighted by molar-refractivity contribution is 5.85. The van der Waals surface area contributed by atoms with E-state index in [1.54, 1.807) is 7.11 Å². The van der Waals surface area contributed by atoms with Gasteiger partial charge in [-0.1, -0.05) is 26.0 Å². The van der Waals surface area contributed by atoms with Gasteiger partial charge in [0.25, 0.3) is 0 Å². The molecule has 88 valence electrons. The maximum atomic E-state index is 11.8. The largest absolute Gasteiger partial charge is 0.497 e. The van der Waals surface area contributed by atoms with Crippen LogP contribution >= 0.6 is 0 Å². The third-order valence-electron chi connectivity index (χ3n) is 2.43. The van der Waals surface area contributed by atoms with Crippen LogP contribution in [0.1, 0.15) is 31.9 Å². The molecule has 0 saturated carbocycles. The van der Waals surface area contributed by atoms with E-state index in [1.165, 1.54) is 0 Å². The number of nitrogens with two attached hydrogens (primary N) is 1. The fraction of sp³-hybridized carbons (Fsp3) is 0.462. The molecule has 0 radical (unpaired) electrons. The Morgan fingerprint density at radius 2 is 1.88 bits per heavy atom. The minimum atomic E-state index is -0.520. The van der Waals surface area contributed by atoms with Crippen molar-refractivity contribution >= 4 is 5.78 Å². The van der Waals surface area contributed by atoms with Gasteiger partial charge in [0.1, 0.15) is 5.75 Å². The molecule has 0 spiro atoms. The van der Waals surface area contributed by atoms with Crippen LogP contribution in [-0.4, -0.2) is 12.9 Å². The lowest BCUT2D eigenvalue weighted by Crippen LogP contribution is -2.22. The lowest BCUT2D eigenvalue weighted by Gasteiger charge is -2.12. The van der Waals surface area contributed by atoms with Crippen LogP contribution < -0.4 is 10.5 Å². The molecule has 3 nitrogen and oxygen atoms in total. The van der Waals surface area contributed by atoms with Gasteiger partial charge < -0.3 is 10.5 Å². The van der Waals surface area contributed by atoms with Crippen molar-refractivity contribution in [3.8, 4) is 5.75 Å². The number of hydrogen-bond donors (Lipinski definition) is 1. The molecule has 1 atom stereocenters. The first kappa shape index (κ1) is 12.7. The number of methoxy groups -OCH3 is 1. The van der Waals surface area contributed by atoms with E-state index in [9.17, 15) is 4.79 Å². The highest BCUT2D eigenvalue weighted by Gasteiger charge is 2.16. The van der Waals surface area contributed by atoms with E-state index in [0.29, 0.717) is 12.3 Å². The molecule has 1 rings (SSSR count). The SMILES string of the molecule is COc1ccc(C(N)C(=O)CC(C)C)cc1. The molecule has 2 N–H and O–H groups in total. The summed E-state index contributed by atoms with van der Waals surface area (Å²) < 4.78 is 5.05. The number of hydrogen-bond acceptors (Lipinski definition) is 3. The van der Waals surface area contributed by atoms with Crippen LogP contribution in [0, 0.1) is 5.92 Å². The number of carbonyl (C=O) groups is 1. The van der Waals surface area contributed by atoms with Crippen LogP contribution in [0.2, 0.25) is 0 Å². The molecule has 0 amide bonds. The topological polar surface area (TPSA) is 52.3 Å². The first-order valence-corrected chi connectivity index (χ1v) is 5.47. The van der Waals surface area contributed by atoms with E-state index in [1.807, 2.05) is 38.1 Å². The fourth-order valence-corrected chi connectivity index (χ4v) is 1.53.